The smallest absolute Gasteiger partial charge is 0.259 e. The van der Waals surface area contributed by atoms with Crippen LogP contribution < -0.4 is 10.3 Å². The molecule has 0 atom stereocenters. The number of carbonyl (C=O) groups is 1. The Hall–Kier alpha value is -2.41. The van der Waals surface area contributed by atoms with E-state index >= 15 is 0 Å². The fourth-order valence-electron chi connectivity index (χ4n) is 3.60. The summed E-state index contributed by atoms with van der Waals surface area (Å²) in [7, 11) is 0. The quantitative estimate of drug-likeness (QED) is 0.169. The van der Waals surface area contributed by atoms with Gasteiger partial charge in [-0.15, -0.1) is 23.1 Å². The topological polar surface area (TPSA) is 47.0 Å². The van der Waals surface area contributed by atoms with Gasteiger partial charge in [0.05, 0.1) is 0 Å². The van der Waals surface area contributed by atoms with Crippen LogP contribution in [0.15, 0.2) is 81.7 Å². The molecular formula is C26H24BrN2OS2+. The van der Waals surface area contributed by atoms with Gasteiger partial charge in [0.25, 0.3) is 5.69 Å². The maximum absolute atomic E-state index is 13.3. The van der Waals surface area contributed by atoms with Crippen LogP contribution in [0.4, 0.5) is 5.69 Å². The number of nitrogens with zero attached hydrogens (tertiary/aromatic N) is 1. The van der Waals surface area contributed by atoms with Crippen LogP contribution >= 0.6 is 39.0 Å². The highest BCUT2D eigenvalue weighted by Gasteiger charge is 2.28. The number of halogens is 1. The van der Waals surface area contributed by atoms with Gasteiger partial charge in [-0.2, -0.15) is 4.57 Å². The largest absolute Gasteiger partial charge is 0.392 e. The van der Waals surface area contributed by atoms with Crippen LogP contribution in [0.5, 0.6) is 0 Å². The third-order valence-electron chi connectivity index (χ3n) is 5.07. The molecule has 2 aromatic heterocycles. The van der Waals surface area contributed by atoms with Gasteiger partial charge in [-0.05, 0) is 56.2 Å². The Bertz CT molecular complexity index is 1230. The predicted molar refractivity (Wildman–Crippen MR) is 138 cm³/mol. The van der Waals surface area contributed by atoms with Gasteiger partial charge in [0, 0.05) is 26.9 Å². The SMILES string of the molecule is Cc1cc(C)c[n+](-c2c(SCCc3ccccc3)sc(C(=O)c3ccc(Br)cc3)c2N)c1. The fourth-order valence-corrected chi connectivity index (χ4v) is 6.39. The van der Waals surface area contributed by atoms with Gasteiger partial charge >= 0.3 is 0 Å². The summed E-state index contributed by atoms with van der Waals surface area (Å²) in [5.41, 5.74) is 12.3. The third kappa shape index (κ3) is 5.14. The molecule has 4 rings (SSSR count). The summed E-state index contributed by atoms with van der Waals surface area (Å²) in [5, 5.41) is 0. The Morgan fingerprint density at radius 3 is 2.34 bits per heavy atom. The van der Waals surface area contributed by atoms with Crippen molar-refractivity contribution in [3.63, 3.8) is 0 Å². The minimum atomic E-state index is -0.0406. The summed E-state index contributed by atoms with van der Waals surface area (Å²) in [5.74, 6) is 0.870. The van der Waals surface area contributed by atoms with Crippen LogP contribution in [0.2, 0.25) is 0 Å². The zero-order chi connectivity index (χ0) is 22.7. The Balaban J connectivity index is 1.71. The van der Waals surface area contributed by atoms with E-state index in [-0.39, 0.29) is 5.78 Å². The Morgan fingerprint density at radius 2 is 1.69 bits per heavy atom. The number of nitrogens with two attached hydrogens (primary N) is 1. The molecule has 0 aliphatic rings. The number of benzene rings is 2. The molecule has 0 bridgehead atoms. The van der Waals surface area contributed by atoms with Crippen LogP contribution in [0.3, 0.4) is 0 Å². The first-order valence-electron chi connectivity index (χ1n) is 10.3. The molecule has 0 aliphatic heterocycles. The first-order valence-corrected chi connectivity index (χ1v) is 12.9. The van der Waals surface area contributed by atoms with E-state index in [0.29, 0.717) is 16.1 Å². The van der Waals surface area contributed by atoms with Crippen molar-refractivity contribution in [3.8, 4) is 5.69 Å². The number of rotatable bonds is 7. The molecule has 4 aromatic rings. The minimum Gasteiger partial charge on any atom is -0.392 e. The van der Waals surface area contributed by atoms with Gasteiger partial charge in [-0.25, -0.2) is 0 Å². The van der Waals surface area contributed by atoms with E-state index < -0.39 is 0 Å². The Labute approximate surface area is 205 Å². The monoisotopic (exact) mass is 523 g/mol. The molecular weight excluding hydrogens is 500 g/mol. The molecule has 0 amide bonds. The number of aromatic nitrogens is 1. The van der Waals surface area contributed by atoms with Crippen molar-refractivity contribution in [3.05, 3.63) is 105 Å². The fraction of sp³-hybridized carbons (Fsp3) is 0.154. The van der Waals surface area contributed by atoms with Gasteiger partial charge in [-0.3, -0.25) is 4.79 Å². The summed E-state index contributed by atoms with van der Waals surface area (Å²) in [6.45, 7) is 4.14. The number of carbonyl (C=O) groups excluding carboxylic acids is 1. The summed E-state index contributed by atoms with van der Waals surface area (Å²) in [4.78, 5) is 13.9. The van der Waals surface area contributed by atoms with E-state index in [1.807, 2.05) is 30.3 Å². The zero-order valence-corrected chi connectivity index (χ0v) is 21.2. The van der Waals surface area contributed by atoms with E-state index in [1.54, 1.807) is 11.8 Å². The van der Waals surface area contributed by atoms with E-state index in [1.165, 1.54) is 16.9 Å². The van der Waals surface area contributed by atoms with Crippen LogP contribution in [0, 0.1) is 13.8 Å². The predicted octanol–water partition coefficient (Wildman–Crippen LogP) is 6.55. The molecule has 2 heterocycles. The number of thiophene rings is 1. The average Bonchev–Trinajstić information content (AvgIpc) is 3.10. The summed E-state index contributed by atoms with van der Waals surface area (Å²) >= 11 is 6.68. The van der Waals surface area contributed by atoms with Crippen molar-refractivity contribution in [2.45, 2.75) is 24.5 Å². The zero-order valence-electron chi connectivity index (χ0n) is 18.0. The molecule has 0 fully saturated rings. The average molecular weight is 525 g/mol. The highest BCUT2D eigenvalue weighted by atomic mass is 79.9. The second-order valence-electron chi connectivity index (χ2n) is 7.70. The van der Waals surface area contributed by atoms with Crippen LogP contribution in [0.25, 0.3) is 5.69 Å². The highest BCUT2D eigenvalue weighted by molar-refractivity contribution is 9.10. The van der Waals surface area contributed by atoms with Crippen LogP contribution in [-0.4, -0.2) is 11.5 Å². The summed E-state index contributed by atoms with van der Waals surface area (Å²) in [6, 6.07) is 20.0. The molecule has 162 valence electrons. The maximum Gasteiger partial charge on any atom is 0.259 e. The van der Waals surface area contributed by atoms with Gasteiger partial charge in [0.2, 0.25) is 5.78 Å². The Kier molecular flexibility index (Phi) is 7.13. The lowest BCUT2D eigenvalue weighted by Gasteiger charge is -2.03. The van der Waals surface area contributed by atoms with E-state index in [0.717, 1.165) is 37.7 Å². The number of aryl methyl sites for hydroxylation is 3. The molecule has 3 nitrogen and oxygen atoms in total. The highest BCUT2D eigenvalue weighted by Crippen LogP contribution is 2.40. The lowest BCUT2D eigenvalue weighted by atomic mass is 10.1. The Morgan fingerprint density at radius 1 is 1.03 bits per heavy atom. The van der Waals surface area contributed by atoms with Gasteiger partial charge in [-0.1, -0.05) is 46.3 Å². The molecule has 0 radical (unpaired) electrons. The van der Waals surface area contributed by atoms with E-state index in [9.17, 15) is 4.79 Å². The first kappa shape index (κ1) is 22.8. The standard InChI is InChI=1S/C26H23BrN2OS2/c1-17-14-18(2)16-29(15-17)23-22(28)25(24(30)20-8-10-21(27)11-9-20)32-26(23)31-13-12-19-6-4-3-5-7-19/h3-11,14-16H,12-13H2,1-2H3,(H-,28,30)/p+1. The van der Waals surface area contributed by atoms with Crippen molar-refractivity contribution in [1.29, 1.82) is 0 Å². The number of hydrogen-bond donors (Lipinski definition) is 1. The van der Waals surface area contributed by atoms with E-state index in [2.05, 4.69) is 77.1 Å². The molecule has 0 unspecified atom stereocenters. The van der Waals surface area contributed by atoms with Crippen LogP contribution in [0.1, 0.15) is 31.9 Å². The molecule has 6 heteroatoms. The van der Waals surface area contributed by atoms with Crippen molar-refractivity contribution >= 4 is 50.5 Å². The summed E-state index contributed by atoms with van der Waals surface area (Å²) < 4.78 is 4.07. The second-order valence-corrected chi connectivity index (χ2v) is 11.0. The van der Waals surface area contributed by atoms with Crippen molar-refractivity contribution < 1.29 is 9.36 Å². The molecule has 0 saturated heterocycles. The molecule has 0 saturated carbocycles. The number of pyridine rings is 1. The minimum absolute atomic E-state index is 0.0406. The second kappa shape index (κ2) is 10.0. The lowest BCUT2D eigenvalue weighted by molar-refractivity contribution is -0.597. The number of nitrogen functional groups attached to an aromatic ring is 1. The number of anilines is 1. The first-order chi connectivity index (χ1) is 15.4. The van der Waals surface area contributed by atoms with Crippen molar-refractivity contribution in [2.75, 3.05) is 11.5 Å². The molecule has 2 N–H and O–H groups in total. The van der Waals surface area contributed by atoms with Crippen molar-refractivity contribution in [1.82, 2.24) is 0 Å². The van der Waals surface area contributed by atoms with Gasteiger partial charge in [0.1, 0.15) is 14.8 Å². The maximum atomic E-state index is 13.3. The molecule has 0 aliphatic carbocycles. The normalized spacial score (nSPS) is 11.0. The molecule has 32 heavy (non-hydrogen) atoms. The number of ketones is 1. The van der Waals surface area contributed by atoms with Gasteiger partial charge < -0.3 is 5.73 Å². The number of hydrogen-bond acceptors (Lipinski definition) is 4. The summed E-state index contributed by atoms with van der Waals surface area (Å²) in [6.07, 6.45) is 5.09. The lowest BCUT2D eigenvalue weighted by Crippen LogP contribution is -2.32. The third-order valence-corrected chi connectivity index (χ3v) is 8.05. The van der Waals surface area contributed by atoms with Crippen molar-refractivity contribution in [2.24, 2.45) is 0 Å². The van der Waals surface area contributed by atoms with Gasteiger partial charge in [0.15, 0.2) is 12.4 Å². The molecule has 0 spiro atoms. The van der Waals surface area contributed by atoms with E-state index in [4.69, 9.17) is 5.73 Å². The van der Waals surface area contributed by atoms with Crippen LogP contribution in [-0.2, 0) is 6.42 Å². The molecule has 2 aromatic carbocycles. The number of thioether (sulfide) groups is 1.